The fraction of sp³-hybridized carbons (Fsp3) is 0.316. The van der Waals surface area contributed by atoms with E-state index in [1.165, 1.54) is 44.6 Å². The average molecular weight is 466 g/mol. The third kappa shape index (κ3) is 4.98. The van der Waals surface area contributed by atoms with E-state index < -0.39 is 15.9 Å². The highest BCUT2D eigenvalue weighted by Gasteiger charge is 2.25. The largest absolute Gasteiger partial charge is 0.379 e. The van der Waals surface area contributed by atoms with Crippen LogP contribution in [-0.4, -0.2) is 72.0 Å². The maximum absolute atomic E-state index is 13.3. The van der Waals surface area contributed by atoms with E-state index in [4.69, 9.17) is 4.74 Å². The van der Waals surface area contributed by atoms with Crippen molar-refractivity contribution in [1.29, 1.82) is 0 Å². The summed E-state index contributed by atoms with van der Waals surface area (Å²) in [4.78, 5) is 17.7. The van der Waals surface area contributed by atoms with Gasteiger partial charge in [-0.2, -0.15) is 4.31 Å². The number of benzene rings is 1. The molecule has 1 amide bonds. The third-order valence-electron chi connectivity index (χ3n) is 4.63. The maximum Gasteiger partial charge on any atom is 0.291 e. The van der Waals surface area contributed by atoms with Crippen LogP contribution in [0.15, 0.2) is 41.8 Å². The number of aromatic nitrogens is 3. The smallest absolute Gasteiger partial charge is 0.291 e. The van der Waals surface area contributed by atoms with Crippen LogP contribution in [0.1, 0.15) is 10.6 Å². The lowest BCUT2D eigenvalue weighted by Gasteiger charge is -2.25. The van der Waals surface area contributed by atoms with E-state index in [0.717, 1.165) is 4.88 Å². The lowest BCUT2D eigenvalue weighted by atomic mass is 10.3. The number of halogens is 1. The van der Waals surface area contributed by atoms with Gasteiger partial charge in [0.1, 0.15) is 5.82 Å². The molecule has 0 atom stereocenters. The first-order chi connectivity index (χ1) is 14.9. The fourth-order valence-electron chi connectivity index (χ4n) is 3.06. The molecule has 0 unspecified atom stereocenters. The molecule has 12 heteroatoms. The minimum atomic E-state index is -3.49. The predicted octanol–water partition coefficient (Wildman–Crippen LogP) is 1.53. The second-order valence-electron chi connectivity index (χ2n) is 6.71. The van der Waals surface area contributed by atoms with Gasteiger partial charge < -0.3 is 10.1 Å². The number of hydrogen-bond donors (Lipinski definition) is 1. The van der Waals surface area contributed by atoms with Crippen LogP contribution in [0, 0.1) is 5.82 Å². The molecule has 3 heterocycles. The predicted molar refractivity (Wildman–Crippen MR) is 113 cm³/mol. The number of hydrogen-bond acceptors (Lipinski definition) is 7. The fourth-order valence-corrected chi connectivity index (χ4v) is 5.08. The van der Waals surface area contributed by atoms with Gasteiger partial charge in [0.05, 0.1) is 29.5 Å². The number of rotatable bonds is 7. The van der Waals surface area contributed by atoms with E-state index in [2.05, 4.69) is 15.4 Å². The minimum Gasteiger partial charge on any atom is -0.379 e. The van der Waals surface area contributed by atoms with Gasteiger partial charge in [-0.1, -0.05) is 6.07 Å². The quantitative estimate of drug-likeness (QED) is 0.567. The molecule has 1 aliphatic heterocycles. The van der Waals surface area contributed by atoms with E-state index >= 15 is 0 Å². The Bertz CT molecular complexity index is 1140. The molecule has 9 nitrogen and oxygen atoms in total. The van der Waals surface area contributed by atoms with Gasteiger partial charge in [0.15, 0.2) is 5.82 Å². The van der Waals surface area contributed by atoms with E-state index in [1.807, 2.05) is 17.5 Å². The first-order valence-corrected chi connectivity index (χ1v) is 12.0. The number of thiophene rings is 1. The lowest BCUT2D eigenvalue weighted by molar-refractivity contribution is 0.0730. The van der Waals surface area contributed by atoms with Crippen molar-refractivity contribution in [3.05, 3.63) is 53.4 Å². The number of carbonyl (C=O) groups is 1. The zero-order chi connectivity index (χ0) is 21.8. The van der Waals surface area contributed by atoms with Gasteiger partial charge in [-0.05, 0) is 35.7 Å². The number of nitrogens with zero attached hydrogens (tertiary/aromatic N) is 4. The molecule has 0 spiro atoms. The van der Waals surface area contributed by atoms with E-state index in [9.17, 15) is 17.6 Å². The molecule has 1 fully saturated rings. The Balaban J connectivity index is 1.49. The molecule has 1 aromatic carbocycles. The summed E-state index contributed by atoms with van der Waals surface area (Å²) in [5, 5.41) is 8.71. The van der Waals surface area contributed by atoms with Gasteiger partial charge in [0, 0.05) is 19.6 Å². The summed E-state index contributed by atoms with van der Waals surface area (Å²) in [5.74, 6) is -0.865. The molecule has 31 heavy (non-hydrogen) atoms. The topological polar surface area (TPSA) is 106 Å². The van der Waals surface area contributed by atoms with Gasteiger partial charge in [0.25, 0.3) is 5.91 Å². The summed E-state index contributed by atoms with van der Waals surface area (Å²) < 4.78 is 46.1. The molecule has 3 aromatic rings. The summed E-state index contributed by atoms with van der Waals surface area (Å²) in [6.45, 7) is 1.27. The summed E-state index contributed by atoms with van der Waals surface area (Å²) in [7, 11) is -3.49. The SMILES string of the molecule is O=C(NCCS(=O)(=O)N1CCOCC1)c1nc(-c2cccs2)n(-c2ccc(F)cc2)n1. The first kappa shape index (κ1) is 21.6. The van der Waals surface area contributed by atoms with Gasteiger partial charge >= 0.3 is 0 Å². The second kappa shape index (κ2) is 9.22. The number of morpholine rings is 1. The summed E-state index contributed by atoms with van der Waals surface area (Å²) in [6, 6.07) is 9.36. The van der Waals surface area contributed by atoms with Gasteiger partial charge in [0.2, 0.25) is 15.8 Å². The Morgan fingerprint density at radius 3 is 2.61 bits per heavy atom. The van der Waals surface area contributed by atoms with Gasteiger partial charge in [-0.25, -0.2) is 22.5 Å². The molecule has 164 valence electrons. The Kier molecular flexibility index (Phi) is 6.41. The van der Waals surface area contributed by atoms with Gasteiger partial charge in [-0.15, -0.1) is 16.4 Å². The Morgan fingerprint density at radius 2 is 1.94 bits per heavy atom. The monoisotopic (exact) mass is 465 g/mol. The number of ether oxygens (including phenoxy) is 1. The Labute approximate surface area is 182 Å². The van der Waals surface area contributed by atoms with Crippen molar-refractivity contribution in [3.8, 4) is 16.4 Å². The molecule has 0 saturated carbocycles. The third-order valence-corrected chi connectivity index (χ3v) is 7.37. The molecular weight excluding hydrogens is 445 g/mol. The first-order valence-electron chi connectivity index (χ1n) is 9.55. The van der Waals surface area contributed by atoms with Crippen LogP contribution < -0.4 is 5.32 Å². The van der Waals surface area contributed by atoms with Crippen molar-refractivity contribution in [1.82, 2.24) is 24.4 Å². The standard InChI is InChI=1S/C19H20FN5O4S2/c20-14-3-5-15(6-4-14)25-18(16-2-1-12-30-16)22-17(23-25)19(26)21-7-13-31(27,28)24-8-10-29-11-9-24/h1-6,12H,7-11,13H2,(H,21,26). The van der Waals surface area contributed by atoms with Gasteiger partial charge in [-0.3, -0.25) is 4.79 Å². The van der Waals surface area contributed by atoms with Crippen molar-refractivity contribution in [2.75, 3.05) is 38.6 Å². The zero-order valence-corrected chi connectivity index (χ0v) is 18.0. The number of sulfonamides is 1. The van der Waals surface area contributed by atoms with Crippen LogP contribution in [0.5, 0.6) is 0 Å². The van der Waals surface area contributed by atoms with Crippen molar-refractivity contribution in [3.63, 3.8) is 0 Å². The number of nitrogens with one attached hydrogen (secondary N) is 1. The highest BCUT2D eigenvalue weighted by atomic mass is 32.2. The molecule has 4 rings (SSSR count). The van der Waals surface area contributed by atoms with E-state index in [-0.39, 0.29) is 23.9 Å². The lowest BCUT2D eigenvalue weighted by Crippen LogP contribution is -2.43. The highest BCUT2D eigenvalue weighted by molar-refractivity contribution is 7.89. The highest BCUT2D eigenvalue weighted by Crippen LogP contribution is 2.25. The van der Waals surface area contributed by atoms with Crippen LogP contribution >= 0.6 is 11.3 Å². The molecule has 0 radical (unpaired) electrons. The number of carbonyl (C=O) groups excluding carboxylic acids is 1. The zero-order valence-electron chi connectivity index (χ0n) is 16.4. The van der Waals surface area contributed by atoms with Crippen LogP contribution in [-0.2, 0) is 14.8 Å². The minimum absolute atomic E-state index is 0.0715. The van der Waals surface area contributed by atoms with Crippen LogP contribution in [0.4, 0.5) is 4.39 Å². The van der Waals surface area contributed by atoms with Crippen molar-refractivity contribution >= 4 is 27.3 Å². The van der Waals surface area contributed by atoms with Crippen molar-refractivity contribution in [2.24, 2.45) is 0 Å². The van der Waals surface area contributed by atoms with Crippen LogP contribution in [0.25, 0.3) is 16.4 Å². The Morgan fingerprint density at radius 1 is 1.19 bits per heavy atom. The molecule has 1 saturated heterocycles. The molecule has 0 bridgehead atoms. The second-order valence-corrected chi connectivity index (χ2v) is 9.74. The average Bonchev–Trinajstić information content (AvgIpc) is 3.45. The Hall–Kier alpha value is -2.67. The number of amides is 1. The molecule has 0 aliphatic carbocycles. The summed E-state index contributed by atoms with van der Waals surface area (Å²) in [5.41, 5.74) is 0.547. The van der Waals surface area contributed by atoms with E-state index in [1.54, 1.807) is 0 Å². The van der Waals surface area contributed by atoms with Crippen molar-refractivity contribution in [2.45, 2.75) is 0 Å². The molecule has 1 N–H and O–H groups in total. The normalized spacial score (nSPS) is 15.1. The van der Waals surface area contributed by atoms with Crippen molar-refractivity contribution < 1.29 is 22.3 Å². The van der Waals surface area contributed by atoms with Crippen LogP contribution in [0.3, 0.4) is 0 Å². The summed E-state index contributed by atoms with van der Waals surface area (Å²) in [6.07, 6.45) is 0. The summed E-state index contributed by atoms with van der Waals surface area (Å²) >= 11 is 1.43. The van der Waals surface area contributed by atoms with E-state index in [0.29, 0.717) is 37.8 Å². The molecule has 1 aliphatic rings. The molecular formula is C19H20FN5O4S2. The molecule has 2 aromatic heterocycles. The van der Waals surface area contributed by atoms with Crippen LogP contribution in [0.2, 0.25) is 0 Å². The maximum atomic E-state index is 13.3.